The number of hydrogen-bond acceptors (Lipinski definition) is 6. The summed E-state index contributed by atoms with van der Waals surface area (Å²) in [5.74, 6) is -0.491. The van der Waals surface area contributed by atoms with Gasteiger partial charge in [0, 0.05) is 12.1 Å². The summed E-state index contributed by atoms with van der Waals surface area (Å²) in [7, 11) is 0. The smallest absolute Gasteiger partial charge is 0.323 e. The van der Waals surface area contributed by atoms with Crippen molar-refractivity contribution in [3.63, 3.8) is 0 Å². The Labute approximate surface area is 200 Å². The lowest BCUT2D eigenvalue weighted by atomic mass is 10.0. The number of halogens is 2. The van der Waals surface area contributed by atoms with E-state index in [1.54, 1.807) is 26.0 Å². The molecule has 5 rings (SSSR count). The van der Waals surface area contributed by atoms with Crippen LogP contribution in [0, 0.1) is 17.6 Å². The summed E-state index contributed by atoms with van der Waals surface area (Å²) in [5.41, 5.74) is 0.832. The molecule has 0 unspecified atom stereocenters. The zero-order valence-electron chi connectivity index (χ0n) is 19.4. The van der Waals surface area contributed by atoms with Gasteiger partial charge in [-0.3, -0.25) is 10.1 Å². The molecule has 0 aliphatic carbocycles. The van der Waals surface area contributed by atoms with Gasteiger partial charge in [-0.25, -0.2) is 18.6 Å². The molecule has 2 amide bonds. The largest absolute Gasteiger partial charge is 0.458 e. The first-order valence-electron chi connectivity index (χ1n) is 11.6. The van der Waals surface area contributed by atoms with Crippen LogP contribution in [0.3, 0.4) is 0 Å². The minimum atomic E-state index is -0.483. The van der Waals surface area contributed by atoms with Gasteiger partial charge in [-0.2, -0.15) is 4.52 Å². The Hall–Kier alpha value is -3.76. The van der Waals surface area contributed by atoms with Gasteiger partial charge in [0.1, 0.15) is 23.6 Å². The number of likely N-dealkylation sites (tertiary alicyclic amines) is 1. The Balaban J connectivity index is 1.31. The first-order chi connectivity index (χ1) is 16.8. The highest BCUT2D eigenvalue weighted by Crippen LogP contribution is 2.36. The number of esters is 1. The summed E-state index contributed by atoms with van der Waals surface area (Å²) in [4.78, 5) is 32.1. The third-order valence-corrected chi connectivity index (χ3v) is 6.34. The highest BCUT2D eigenvalue weighted by Gasteiger charge is 2.34. The number of amides is 2. The monoisotopic (exact) mass is 484 g/mol. The van der Waals surface area contributed by atoms with Crippen molar-refractivity contribution in [1.82, 2.24) is 19.5 Å². The van der Waals surface area contributed by atoms with Crippen LogP contribution in [-0.2, 0) is 9.53 Å². The number of fused-ring (bicyclic) bond motifs is 1. The van der Waals surface area contributed by atoms with Crippen LogP contribution in [0.25, 0.3) is 5.65 Å². The highest BCUT2D eigenvalue weighted by atomic mass is 19.1. The number of urea groups is 1. The van der Waals surface area contributed by atoms with Crippen molar-refractivity contribution in [3.05, 3.63) is 53.7 Å². The second-order valence-corrected chi connectivity index (χ2v) is 9.17. The summed E-state index contributed by atoms with van der Waals surface area (Å²) in [6, 6.07) is 6.34. The van der Waals surface area contributed by atoms with Crippen LogP contribution in [0.4, 0.5) is 25.2 Å². The molecule has 3 aromatic rings. The van der Waals surface area contributed by atoms with Gasteiger partial charge in [0.25, 0.3) is 0 Å². The Kier molecular flexibility index (Phi) is 6.00. The molecule has 2 aromatic heterocycles. The van der Waals surface area contributed by atoms with Crippen molar-refractivity contribution in [3.8, 4) is 0 Å². The van der Waals surface area contributed by atoms with E-state index in [1.807, 2.05) is 4.90 Å². The van der Waals surface area contributed by atoms with E-state index in [4.69, 9.17) is 4.74 Å². The van der Waals surface area contributed by atoms with E-state index in [-0.39, 0.29) is 30.1 Å². The van der Waals surface area contributed by atoms with Crippen molar-refractivity contribution >= 4 is 29.3 Å². The van der Waals surface area contributed by atoms with Gasteiger partial charge in [0.05, 0.1) is 31.2 Å². The van der Waals surface area contributed by atoms with Crippen LogP contribution in [0.1, 0.15) is 38.3 Å². The molecule has 0 saturated carbocycles. The first-order valence-corrected chi connectivity index (χ1v) is 11.6. The number of imidazole rings is 1. The lowest BCUT2D eigenvalue weighted by molar-refractivity contribution is -0.159. The standard InChI is InChI=1S/C24H26F2N6O3/c1-14(2)23(33)35-16-12-30(13-16)24(34)28-22-11-27-20-7-8-21(29-32(20)22)31-9-3-4-19(31)17-10-15(25)5-6-18(17)26/h5-8,10-11,14,16,19H,3-4,9,12-13H2,1-2H3,(H,28,34)/t19-/m0/s1. The number of carbonyl (C=O) groups is 2. The summed E-state index contributed by atoms with van der Waals surface area (Å²) < 4.78 is 35.1. The minimum Gasteiger partial charge on any atom is -0.458 e. The number of nitrogens with zero attached hydrogens (tertiary/aromatic N) is 5. The van der Waals surface area contributed by atoms with Crippen LogP contribution < -0.4 is 10.2 Å². The molecule has 2 saturated heterocycles. The zero-order chi connectivity index (χ0) is 24.7. The Morgan fingerprint density at radius 3 is 2.74 bits per heavy atom. The third-order valence-electron chi connectivity index (χ3n) is 6.34. The average molecular weight is 485 g/mol. The third kappa shape index (κ3) is 4.50. The number of benzene rings is 1. The Morgan fingerprint density at radius 2 is 1.97 bits per heavy atom. The number of rotatable bonds is 5. The molecule has 0 radical (unpaired) electrons. The molecule has 11 heteroatoms. The predicted molar refractivity (Wildman–Crippen MR) is 124 cm³/mol. The number of carbonyl (C=O) groups excluding carboxylic acids is 2. The summed E-state index contributed by atoms with van der Waals surface area (Å²) >= 11 is 0. The molecule has 9 nitrogen and oxygen atoms in total. The van der Waals surface area contributed by atoms with Crippen LogP contribution in [0.5, 0.6) is 0 Å². The molecule has 1 atom stereocenters. The van der Waals surface area contributed by atoms with Gasteiger partial charge < -0.3 is 14.5 Å². The van der Waals surface area contributed by atoms with Crippen LogP contribution in [0.2, 0.25) is 0 Å². The fraction of sp³-hybridized carbons (Fsp3) is 0.417. The van der Waals surface area contributed by atoms with Gasteiger partial charge in [-0.05, 0) is 43.2 Å². The molecule has 2 fully saturated rings. The van der Waals surface area contributed by atoms with Gasteiger partial charge in [0.2, 0.25) is 0 Å². The van der Waals surface area contributed by atoms with Gasteiger partial charge >= 0.3 is 12.0 Å². The average Bonchev–Trinajstić information content (AvgIpc) is 3.44. The molecule has 184 valence electrons. The van der Waals surface area contributed by atoms with Crippen LogP contribution in [0.15, 0.2) is 36.5 Å². The van der Waals surface area contributed by atoms with E-state index in [2.05, 4.69) is 15.4 Å². The van der Waals surface area contributed by atoms with E-state index in [0.717, 1.165) is 18.6 Å². The van der Waals surface area contributed by atoms with E-state index in [0.29, 0.717) is 48.9 Å². The molecule has 1 N–H and O–H groups in total. The number of aromatic nitrogens is 3. The molecule has 2 aliphatic rings. The van der Waals surface area contributed by atoms with Crippen molar-refractivity contribution in [1.29, 1.82) is 0 Å². The Bertz CT molecular complexity index is 1270. The molecule has 0 spiro atoms. The van der Waals surface area contributed by atoms with Crippen molar-refractivity contribution in [2.24, 2.45) is 5.92 Å². The number of hydrogen-bond donors (Lipinski definition) is 1. The predicted octanol–water partition coefficient (Wildman–Crippen LogP) is 3.76. The summed E-state index contributed by atoms with van der Waals surface area (Å²) in [5, 5.41) is 7.43. The number of ether oxygens (including phenoxy) is 1. The second-order valence-electron chi connectivity index (χ2n) is 9.17. The van der Waals surface area contributed by atoms with Gasteiger partial charge in [-0.15, -0.1) is 5.10 Å². The maximum atomic E-state index is 14.5. The van der Waals surface area contributed by atoms with E-state index in [1.165, 1.54) is 21.7 Å². The highest BCUT2D eigenvalue weighted by molar-refractivity contribution is 5.89. The molecule has 35 heavy (non-hydrogen) atoms. The maximum absolute atomic E-state index is 14.5. The normalized spacial score (nSPS) is 18.3. The molecule has 2 aliphatic heterocycles. The number of anilines is 2. The first kappa shape index (κ1) is 23.0. The van der Waals surface area contributed by atoms with Crippen molar-refractivity contribution in [2.75, 3.05) is 29.9 Å². The number of nitrogens with one attached hydrogen (secondary N) is 1. The molecule has 0 bridgehead atoms. The van der Waals surface area contributed by atoms with Gasteiger partial charge in [-0.1, -0.05) is 13.8 Å². The Morgan fingerprint density at radius 1 is 1.17 bits per heavy atom. The van der Waals surface area contributed by atoms with Gasteiger partial charge in [0.15, 0.2) is 11.5 Å². The molecular formula is C24H26F2N6O3. The molecule has 1 aromatic carbocycles. The fourth-order valence-electron chi connectivity index (χ4n) is 4.40. The molecular weight excluding hydrogens is 458 g/mol. The zero-order valence-corrected chi connectivity index (χ0v) is 19.4. The topological polar surface area (TPSA) is 92.1 Å². The van der Waals surface area contributed by atoms with E-state index >= 15 is 0 Å². The summed E-state index contributed by atoms with van der Waals surface area (Å²) in [6.45, 7) is 4.79. The SMILES string of the molecule is CC(C)C(=O)OC1CN(C(=O)Nc2cnc3ccc(N4CCC[C@H]4c4cc(F)ccc4F)nn23)C1. The fourth-order valence-corrected chi connectivity index (χ4v) is 4.40. The van der Waals surface area contributed by atoms with Crippen molar-refractivity contribution < 1.29 is 23.1 Å². The second kappa shape index (κ2) is 9.12. The summed E-state index contributed by atoms with van der Waals surface area (Å²) in [6.07, 6.45) is 2.68. The van der Waals surface area contributed by atoms with Crippen molar-refractivity contribution in [2.45, 2.75) is 38.8 Å². The van der Waals surface area contributed by atoms with E-state index in [9.17, 15) is 18.4 Å². The maximum Gasteiger partial charge on any atom is 0.323 e. The van der Waals surface area contributed by atoms with E-state index < -0.39 is 11.6 Å². The quantitative estimate of drug-likeness (QED) is 0.555. The van der Waals surface area contributed by atoms with Crippen LogP contribution in [-0.4, -0.2) is 57.2 Å². The lowest BCUT2D eigenvalue weighted by Gasteiger charge is -2.38. The lowest BCUT2D eigenvalue weighted by Crippen LogP contribution is -2.56. The van der Waals surface area contributed by atoms with Crippen LogP contribution >= 0.6 is 0 Å². The molecule has 4 heterocycles. The minimum absolute atomic E-state index is 0.219.